The summed E-state index contributed by atoms with van der Waals surface area (Å²) >= 11 is 0. The molecule has 0 radical (unpaired) electrons. The molecule has 4 nitrogen and oxygen atoms in total. The van der Waals surface area contributed by atoms with Gasteiger partial charge in [0.25, 0.3) is 0 Å². The number of fused-ring (bicyclic) bond motifs is 2. The zero-order valence-electron chi connectivity index (χ0n) is 4.83. The Labute approximate surface area is 52.0 Å². The lowest BCUT2D eigenvalue weighted by atomic mass is 10.2. The summed E-state index contributed by atoms with van der Waals surface area (Å²) < 4.78 is 0. The molecule has 9 heavy (non-hydrogen) atoms. The number of urea groups is 1. The van der Waals surface area contributed by atoms with Gasteiger partial charge in [-0.3, -0.25) is 4.79 Å². The van der Waals surface area contributed by atoms with Crippen LogP contribution in [0.4, 0.5) is 4.79 Å². The van der Waals surface area contributed by atoms with Gasteiger partial charge in [0.2, 0.25) is 5.91 Å². The number of hydrogen-bond acceptors (Lipinski definition) is 2. The Balaban J connectivity index is 2.23. The summed E-state index contributed by atoms with van der Waals surface area (Å²) in [6.45, 7) is 1.14. The highest BCUT2D eigenvalue weighted by molar-refractivity contribution is 6.00. The minimum Gasteiger partial charge on any atom is -0.305 e. The molecular weight excluding hydrogens is 120 g/mol. The van der Waals surface area contributed by atoms with Crippen molar-refractivity contribution in [3.63, 3.8) is 0 Å². The van der Waals surface area contributed by atoms with Crippen LogP contribution in [0.5, 0.6) is 0 Å². The van der Waals surface area contributed by atoms with E-state index in [2.05, 4.69) is 0 Å². The zero-order chi connectivity index (χ0) is 6.43. The van der Waals surface area contributed by atoms with Crippen LogP contribution < -0.4 is 0 Å². The molecule has 3 aliphatic rings. The van der Waals surface area contributed by atoms with Crippen molar-refractivity contribution in [1.29, 1.82) is 0 Å². The van der Waals surface area contributed by atoms with Crippen molar-refractivity contribution in [3.8, 4) is 0 Å². The van der Waals surface area contributed by atoms with Crippen LogP contribution in [0.1, 0.15) is 6.42 Å². The number of carbonyl (C=O) groups excluding carboxylic acids is 2. The van der Waals surface area contributed by atoms with E-state index in [1.807, 2.05) is 0 Å². The Morgan fingerprint density at radius 2 is 2.11 bits per heavy atom. The molecule has 0 atom stereocenters. The molecule has 4 heteroatoms. The van der Waals surface area contributed by atoms with E-state index in [4.69, 9.17) is 0 Å². The van der Waals surface area contributed by atoms with Gasteiger partial charge in [0, 0.05) is 13.0 Å². The van der Waals surface area contributed by atoms with Crippen LogP contribution in [0.3, 0.4) is 0 Å². The Morgan fingerprint density at radius 3 is 2.44 bits per heavy atom. The highest BCUT2D eigenvalue weighted by Gasteiger charge is 2.41. The molecule has 3 heterocycles. The quantitative estimate of drug-likeness (QED) is 0.443. The molecule has 48 valence electrons. The lowest BCUT2D eigenvalue weighted by Gasteiger charge is -2.44. The van der Waals surface area contributed by atoms with E-state index < -0.39 is 0 Å². The summed E-state index contributed by atoms with van der Waals surface area (Å²) in [6, 6.07) is -0.119. The number of rotatable bonds is 0. The van der Waals surface area contributed by atoms with Crippen LogP contribution in [-0.4, -0.2) is 35.0 Å². The van der Waals surface area contributed by atoms with Crippen molar-refractivity contribution in [2.75, 3.05) is 13.2 Å². The van der Waals surface area contributed by atoms with E-state index in [0.29, 0.717) is 19.6 Å². The summed E-state index contributed by atoms with van der Waals surface area (Å²) in [7, 11) is 0. The molecule has 3 fully saturated rings. The molecule has 0 N–H and O–H groups in total. The molecule has 0 saturated carbocycles. The molecule has 0 aromatic heterocycles. The minimum atomic E-state index is -0.119. The first-order valence-electron chi connectivity index (χ1n) is 2.88. The highest BCUT2D eigenvalue weighted by Crippen LogP contribution is 2.19. The third-order valence-electron chi connectivity index (χ3n) is 1.71. The van der Waals surface area contributed by atoms with E-state index in [1.165, 1.54) is 4.90 Å². The van der Waals surface area contributed by atoms with Gasteiger partial charge in [-0.15, -0.1) is 0 Å². The van der Waals surface area contributed by atoms with Crippen molar-refractivity contribution in [3.05, 3.63) is 0 Å². The van der Waals surface area contributed by atoms with Gasteiger partial charge in [-0.25, -0.2) is 9.69 Å². The maximum absolute atomic E-state index is 10.7. The van der Waals surface area contributed by atoms with Crippen molar-refractivity contribution in [1.82, 2.24) is 9.80 Å². The van der Waals surface area contributed by atoms with Gasteiger partial charge in [0.1, 0.15) is 6.67 Å². The van der Waals surface area contributed by atoms with E-state index in [-0.39, 0.29) is 11.9 Å². The lowest BCUT2D eigenvalue weighted by Crippen LogP contribution is -2.66. The van der Waals surface area contributed by atoms with Crippen molar-refractivity contribution in [2.24, 2.45) is 0 Å². The molecule has 2 bridgehead atoms. The summed E-state index contributed by atoms with van der Waals surface area (Å²) in [6.07, 6.45) is 0.506. The first-order chi connectivity index (χ1) is 4.29. The highest BCUT2D eigenvalue weighted by atomic mass is 16.2. The first-order valence-corrected chi connectivity index (χ1v) is 2.88. The number of carbonyl (C=O) groups is 2. The predicted molar refractivity (Wildman–Crippen MR) is 28.4 cm³/mol. The number of imide groups is 1. The fourth-order valence-corrected chi connectivity index (χ4v) is 1.10. The van der Waals surface area contributed by atoms with Gasteiger partial charge < -0.3 is 4.90 Å². The maximum atomic E-state index is 10.7. The molecule has 3 amide bonds. The van der Waals surface area contributed by atoms with Gasteiger partial charge in [0.05, 0.1) is 0 Å². The average Bonchev–Trinajstić information content (AvgIpc) is 1.86. The molecule has 3 rings (SSSR count). The van der Waals surface area contributed by atoms with Crippen molar-refractivity contribution in [2.45, 2.75) is 6.42 Å². The topological polar surface area (TPSA) is 40.6 Å². The second kappa shape index (κ2) is 1.26. The Bertz CT molecular complexity index is 179. The molecule has 0 unspecified atom stereocenters. The van der Waals surface area contributed by atoms with E-state index in [0.717, 1.165) is 0 Å². The van der Waals surface area contributed by atoms with Crippen LogP contribution in [-0.2, 0) is 4.79 Å². The Hall–Kier alpha value is -1.06. The van der Waals surface area contributed by atoms with Crippen LogP contribution >= 0.6 is 0 Å². The summed E-state index contributed by atoms with van der Waals surface area (Å²) in [5.74, 6) is -0.0255. The molecule has 0 aliphatic carbocycles. The zero-order valence-corrected chi connectivity index (χ0v) is 4.83. The Kier molecular flexibility index (Phi) is 0.670. The fourth-order valence-electron chi connectivity index (χ4n) is 1.10. The SMILES string of the molecule is O=C1CCN2CN1C2=O. The van der Waals surface area contributed by atoms with Crippen LogP contribution in [0.25, 0.3) is 0 Å². The predicted octanol–water partition coefficient (Wildman–Crippen LogP) is -0.388. The fraction of sp³-hybridized carbons (Fsp3) is 0.600. The van der Waals surface area contributed by atoms with Gasteiger partial charge in [-0.1, -0.05) is 0 Å². The first kappa shape index (κ1) is 4.78. The smallest absolute Gasteiger partial charge is 0.305 e. The molecular formula is C5H6N2O2. The van der Waals surface area contributed by atoms with Crippen LogP contribution in [0.15, 0.2) is 0 Å². The van der Waals surface area contributed by atoms with Crippen LogP contribution in [0.2, 0.25) is 0 Å². The normalized spacial score (nSPS) is 24.4. The molecule has 3 saturated heterocycles. The molecule has 3 aliphatic heterocycles. The standard InChI is InChI=1S/C5H6N2O2/c8-4-1-2-6-3-7(4)5(6)9/h1-3H2. The molecule has 0 aromatic carbocycles. The number of amides is 3. The molecule has 0 spiro atoms. The lowest BCUT2D eigenvalue weighted by molar-refractivity contribution is -0.140. The second-order valence-corrected chi connectivity index (χ2v) is 2.26. The third-order valence-corrected chi connectivity index (χ3v) is 1.71. The third kappa shape index (κ3) is 0.426. The van der Waals surface area contributed by atoms with Gasteiger partial charge in [-0.05, 0) is 0 Å². The summed E-state index contributed by atoms with van der Waals surface area (Å²) in [4.78, 5) is 24.3. The number of nitrogens with zero attached hydrogens (tertiary/aromatic N) is 2. The Morgan fingerprint density at radius 1 is 1.33 bits per heavy atom. The average molecular weight is 126 g/mol. The van der Waals surface area contributed by atoms with E-state index in [1.54, 1.807) is 4.90 Å². The minimum absolute atomic E-state index is 0.0255. The largest absolute Gasteiger partial charge is 0.329 e. The summed E-state index contributed by atoms with van der Waals surface area (Å²) in [5, 5.41) is 0. The van der Waals surface area contributed by atoms with Crippen molar-refractivity contribution < 1.29 is 9.59 Å². The van der Waals surface area contributed by atoms with Gasteiger partial charge in [0.15, 0.2) is 0 Å². The molecule has 0 aromatic rings. The van der Waals surface area contributed by atoms with E-state index in [9.17, 15) is 9.59 Å². The van der Waals surface area contributed by atoms with Crippen LogP contribution in [0, 0.1) is 0 Å². The monoisotopic (exact) mass is 126 g/mol. The summed E-state index contributed by atoms with van der Waals surface area (Å²) in [5.41, 5.74) is 0. The number of hydrogen-bond donors (Lipinski definition) is 0. The maximum Gasteiger partial charge on any atom is 0.329 e. The second-order valence-electron chi connectivity index (χ2n) is 2.26. The van der Waals surface area contributed by atoms with E-state index >= 15 is 0 Å². The van der Waals surface area contributed by atoms with Crippen molar-refractivity contribution >= 4 is 11.9 Å². The van der Waals surface area contributed by atoms with Gasteiger partial charge in [-0.2, -0.15) is 0 Å². The van der Waals surface area contributed by atoms with Gasteiger partial charge >= 0.3 is 6.03 Å².